The minimum Gasteiger partial charge on any atom is -0.451 e. The molecule has 6 nitrogen and oxygen atoms in total. The molecule has 0 saturated carbocycles. The first kappa shape index (κ1) is 15.9. The highest BCUT2D eigenvalue weighted by atomic mass is 16.5. The molecule has 25 heavy (non-hydrogen) atoms. The highest BCUT2D eigenvalue weighted by molar-refractivity contribution is 5.96. The molecule has 0 aliphatic carbocycles. The van der Waals surface area contributed by atoms with E-state index in [1.807, 2.05) is 52.9 Å². The van der Waals surface area contributed by atoms with E-state index in [0.29, 0.717) is 32.1 Å². The summed E-state index contributed by atoms with van der Waals surface area (Å²) in [7, 11) is 0. The summed E-state index contributed by atoms with van der Waals surface area (Å²) >= 11 is 0. The van der Waals surface area contributed by atoms with Gasteiger partial charge in [0.2, 0.25) is 0 Å². The third kappa shape index (κ3) is 3.05. The molecule has 6 heteroatoms. The van der Waals surface area contributed by atoms with E-state index in [1.165, 1.54) is 0 Å². The van der Waals surface area contributed by atoms with Crippen molar-refractivity contribution in [1.29, 1.82) is 0 Å². The van der Waals surface area contributed by atoms with Gasteiger partial charge in [-0.25, -0.2) is 0 Å². The second-order valence-electron chi connectivity index (χ2n) is 6.24. The fourth-order valence-corrected chi connectivity index (χ4v) is 3.36. The van der Waals surface area contributed by atoms with Gasteiger partial charge in [0.25, 0.3) is 5.91 Å². The Morgan fingerprint density at radius 3 is 3.08 bits per heavy atom. The second-order valence-corrected chi connectivity index (χ2v) is 6.24. The van der Waals surface area contributed by atoms with Crippen molar-refractivity contribution >= 4 is 16.9 Å². The molecule has 1 aliphatic heterocycles. The molecule has 0 N–H and O–H groups in total. The maximum Gasteiger partial charge on any atom is 0.290 e. The lowest BCUT2D eigenvalue weighted by Gasteiger charge is -2.33. The molecular formula is C19H21N3O3. The molecule has 0 unspecified atom stereocenters. The van der Waals surface area contributed by atoms with Gasteiger partial charge in [-0.15, -0.1) is 0 Å². The van der Waals surface area contributed by atoms with Crippen molar-refractivity contribution in [3.8, 4) is 0 Å². The molecule has 1 aliphatic rings. The van der Waals surface area contributed by atoms with Gasteiger partial charge in [-0.1, -0.05) is 18.2 Å². The van der Waals surface area contributed by atoms with E-state index >= 15 is 0 Å². The lowest BCUT2D eigenvalue weighted by Crippen LogP contribution is -2.41. The number of aromatic nitrogens is 2. The predicted octanol–water partition coefficient (Wildman–Crippen LogP) is 3.25. The van der Waals surface area contributed by atoms with Crippen LogP contribution in [0.2, 0.25) is 0 Å². The van der Waals surface area contributed by atoms with Crippen molar-refractivity contribution in [1.82, 2.24) is 14.7 Å². The average Bonchev–Trinajstić information content (AvgIpc) is 3.27. The number of benzene rings is 1. The Labute approximate surface area is 146 Å². The van der Waals surface area contributed by atoms with Crippen molar-refractivity contribution in [2.45, 2.75) is 25.9 Å². The summed E-state index contributed by atoms with van der Waals surface area (Å²) in [4.78, 5) is 14.8. The van der Waals surface area contributed by atoms with Crippen LogP contribution in [0.25, 0.3) is 11.0 Å². The van der Waals surface area contributed by atoms with Crippen LogP contribution in [-0.4, -0.2) is 40.3 Å². The zero-order chi connectivity index (χ0) is 17.2. The third-order valence-corrected chi connectivity index (χ3v) is 4.61. The van der Waals surface area contributed by atoms with Crippen LogP contribution in [0.1, 0.15) is 35.6 Å². The quantitative estimate of drug-likeness (QED) is 0.670. The first-order valence-electron chi connectivity index (χ1n) is 8.64. The molecule has 1 aromatic carbocycles. The number of carbonyl (C=O) groups is 1. The molecule has 1 amide bonds. The first-order valence-corrected chi connectivity index (χ1v) is 8.64. The molecule has 0 saturated heterocycles. The summed E-state index contributed by atoms with van der Waals surface area (Å²) < 4.78 is 13.2. The minimum absolute atomic E-state index is 0.0786. The number of carbonyl (C=O) groups excluding carboxylic acids is 1. The SMILES string of the molecule is CCOCC[C@H]1CN(C(=O)c2cc3ccccc3o2)Cc2ccnn21. The van der Waals surface area contributed by atoms with Crippen molar-refractivity contribution in [2.75, 3.05) is 19.8 Å². The Kier molecular flexibility index (Phi) is 4.28. The monoisotopic (exact) mass is 339 g/mol. The zero-order valence-corrected chi connectivity index (χ0v) is 14.2. The molecule has 3 heterocycles. The molecule has 0 fully saturated rings. The highest BCUT2D eigenvalue weighted by Gasteiger charge is 2.30. The second kappa shape index (κ2) is 6.72. The van der Waals surface area contributed by atoms with Crippen LogP contribution in [-0.2, 0) is 11.3 Å². The summed E-state index contributed by atoms with van der Waals surface area (Å²) in [5.41, 5.74) is 1.78. The van der Waals surface area contributed by atoms with Gasteiger partial charge in [-0.3, -0.25) is 9.48 Å². The van der Waals surface area contributed by atoms with Crippen LogP contribution in [0.3, 0.4) is 0 Å². The predicted molar refractivity (Wildman–Crippen MR) is 93.3 cm³/mol. The molecule has 1 atom stereocenters. The van der Waals surface area contributed by atoms with Gasteiger partial charge < -0.3 is 14.1 Å². The van der Waals surface area contributed by atoms with E-state index in [-0.39, 0.29) is 11.9 Å². The number of fused-ring (bicyclic) bond motifs is 2. The highest BCUT2D eigenvalue weighted by Crippen LogP contribution is 2.26. The van der Waals surface area contributed by atoms with Gasteiger partial charge in [0, 0.05) is 31.3 Å². The van der Waals surface area contributed by atoms with E-state index in [1.54, 1.807) is 6.20 Å². The van der Waals surface area contributed by atoms with Crippen LogP contribution < -0.4 is 0 Å². The van der Waals surface area contributed by atoms with Crippen molar-refractivity contribution in [3.63, 3.8) is 0 Å². The zero-order valence-electron chi connectivity index (χ0n) is 14.2. The van der Waals surface area contributed by atoms with Crippen LogP contribution in [0.5, 0.6) is 0 Å². The Hall–Kier alpha value is -2.60. The maximum absolute atomic E-state index is 12.9. The Morgan fingerprint density at radius 2 is 2.24 bits per heavy atom. The number of rotatable bonds is 5. The van der Waals surface area contributed by atoms with E-state index in [4.69, 9.17) is 9.15 Å². The molecule has 3 aromatic rings. The summed E-state index contributed by atoms with van der Waals surface area (Å²) in [5, 5.41) is 5.36. The standard InChI is InChI=1S/C19H21N3O3/c1-2-24-10-8-16-13-21(12-15-7-9-20-22(15)16)19(23)18-11-14-5-3-4-6-17(14)25-18/h3-7,9,11,16H,2,8,10,12-13H2,1H3/t16-/m0/s1. The molecule has 130 valence electrons. The smallest absolute Gasteiger partial charge is 0.290 e. The average molecular weight is 339 g/mol. The molecule has 0 spiro atoms. The van der Waals surface area contributed by atoms with Crippen LogP contribution >= 0.6 is 0 Å². The Bertz CT molecular complexity index is 850. The normalized spacial score (nSPS) is 17.0. The fourth-order valence-electron chi connectivity index (χ4n) is 3.36. The summed E-state index contributed by atoms with van der Waals surface area (Å²) in [6.45, 7) is 4.49. The van der Waals surface area contributed by atoms with Crippen molar-refractivity contribution < 1.29 is 13.9 Å². The molecular weight excluding hydrogens is 318 g/mol. The number of hydrogen-bond acceptors (Lipinski definition) is 4. The van der Waals surface area contributed by atoms with E-state index in [2.05, 4.69) is 5.10 Å². The van der Waals surface area contributed by atoms with Gasteiger partial charge in [0.05, 0.1) is 18.3 Å². The number of hydrogen-bond donors (Lipinski definition) is 0. The summed E-state index contributed by atoms with van der Waals surface area (Å²) in [5.74, 6) is 0.308. The lowest BCUT2D eigenvalue weighted by molar-refractivity contribution is 0.0597. The fraction of sp³-hybridized carbons (Fsp3) is 0.368. The van der Waals surface area contributed by atoms with Crippen LogP contribution in [0.15, 0.2) is 47.0 Å². The number of para-hydroxylation sites is 1. The molecule has 0 bridgehead atoms. The first-order chi connectivity index (χ1) is 12.3. The molecule has 4 rings (SSSR count). The van der Waals surface area contributed by atoms with Crippen molar-refractivity contribution in [3.05, 3.63) is 54.0 Å². The third-order valence-electron chi connectivity index (χ3n) is 4.61. The lowest BCUT2D eigenvalue weighted by atomic mass is 10.1. The van der Waals surface area contributed by atoms with E-state index in [0.717, 1.165) is 23.1 Å². The van der Waals surface area contributed by atoms with E-state index < -0.39 is 0 Å². The largest absolute Gasteiger partial charge is 0.451 e. The van der Waals surface area contributed by atoms with Gasteiger partial charge in [0.1, 0.15) is 5.58 Å². The van der Waals surface area contributed by atoms with E-state index in [9.17, 15) is 4.79 Å². The van der Waals surface area contributed by atoms with Crippen molar-refractivity contribution in [2.24, 2.45) is 0 Å². The van der Waals surface area contributed by atoms with Crippen LogP contribution in [0.4, 0.5) is 0 Å². The molecule has 0 radical (unpaired) electrons. The van der Waals surface area contributed by atoms with Crippen LogP contribution in [0, 0.1) is 0 Å². The number of ether oxygens (including phenoxy) is 1. The Balaban J connectivity index is 1.56. The number of furan rings is 1. The molecule has 2 aromatic heterocycles. The topological polar surface area (TPSA) is 60.5 Å². The van der Waals surface area contributed by atoms with Gasteiger partial charge in [0.15, 0.2) is 5.76 Å². The van der Waals surface area contributed by atoms with Gasteiger partial charge >= 0.3 is 0 Å². The minimum atomic E-state index is -0.0786. The number of nitrogens with zero attached hydrogens (tertiary/aromatic N) is 3. The van der Waals surface area contributed by atoms with Gasteiger partial charge in [-0.2, -0.15) is 5.10 Å². The summed E-state index contributed by atoms with van der Waals surface area (Å²) in [6.07, 6.45) is 2.62. The maximum atomic E-state index is 12.9. The number of amides is 1. The summed E-state index contributed by atoms with van der Waals surface area (Å²) in [6, 6.07) is 11.6. The van der Waals surface area contributed by atoms with Gasteiger partial charge in [-0.05, 0) is 31.5 Å². The Morgan fingerprint density at radius 1 is 1.36 bits per heavy atom.